The molecule has 27 heavy (non-hydrogen) atoms. The Labute approximate surface area is 162 Å². The second-order valence-electron chi connectivity index (χ2n) is 8.49. The zero-order chi connectivity index (χ0) is 19.8. The highest BCUT2D eigenvalue weighted by Crippen LogP contribution is 2.45. The number of esters is 1. The lowest BCUT2D eigenvalue weighted by Gasteiger charge is -2.38. The van der Waals surface area contributed by atoms with Gasteiger partial charge in [-0.05, 0) is 30.6 Å². The van der Waals surface area contributed by atoms with E-state index < -0.39 is 14.3 Å². The van der Waals surface area contributed by atoms with E-state index in [0.717, 1.165) is 17.8 Å². The van der Waals surface area contributed by atoms with Crippen LogP contribution in [-0.2, 0) is 9.16 Å². The van der Waals surface area contributed by atoms with Crippen LogP contribution in [-0.4, -0.2) is 35.7 Å². The van der Waals surface area contributed by atoms with Gasteiger partial charge < -0.3 is 9.16 Å². The molecule has 0 amide bonds. The van der Waals surface area contributed by atoms with Crippen molar-refractivity contribution in [2.45, 2.75) is 64.4 Å². The van der Waals surface area contributed by atoms with Crippen molar-refractivity contribution in [1.29, 1.82) is 0 Å². The molecule has 3 rings (SSSR count). The smallest absolute Gasteiger partial charge is 0.378 e. The van der Waals surface area contributed by atoms with E-state index in [1.807, 2.05) is 22.9 Å². The number of fused-ring (bicyclic) bond motifs is 1. The second-order valence-corrected chi connectivity index (χ2v) is 13.2. The van der Waals surface area contributed by atoms with Gasteiger partial charge in [-0.2, -0.15) is 0 Å². The maximum atomic E-state index is 12.2. The van der Waals surface area contributed by atoms with Crippen molar-refractivity contribution in [3.05, 3.63) is 47.5 Å². The van der Waals surface area contributed by atoms with Crippen molar-refractivity contribution in [2.24, 2.45) is 0 Å². The van der Waals surface area contributed by atoms with E-state index in [1.165, 1.54) is 0 Å². The fourth-order valence-electron chi connectivity index (χ4n) is 3.06. The molecule has 0 N–H and O–H groups in total. The molecule has 0 unspecified atom stereocenters. The number of carbonyl (C=O) groups is 1. The lowest BCUT2D eigenvalue weighted by molar-refractivity contribution is 0.0510. The van der Waals surface area contributed by atoms with Gasteiger partial charge in [0.05, 0.1) is 12.6 Å². The van der Waals surface area contributed by atoms with E-state index in [4.69, 9.17) is 9.16 Å². The molecular weight excluding hydrogens is 358 g/mol. The number of hydrogen-bond donors (Lipinski definition) is 0. The summed E-state index contributed by atoms with van der Waals surface area (Å²) in [5.41, 5.74) is 1.14. The lowest BCUT2D eigenvalue weighted by Crippen LogP contribution is -2.41. The molecule has 0 bridgehead atoms. The van der Waals surface area contributed by atoms with Crippen molar-refractivity contribution >= 4 is 14.3 Å². The largest absolute Gasteiger partial charge is 0.460 e. The maximum absolute atomic E-state index is 12.2. The van der Waals surface area contributed by atoms with Gasteiger partial charge in [-0.15, -0.1) is 5.10 Å². The third-order valence-electron chi connectivity index (χ3n) is 5.56. The quantitative estimate of drug-likeness (QED) is 0.558. The second kappa shape index (κ2) is 7.20. The van der Waals surface area contributed by atoms with E-state index in [-0.39, 0.29) is 23.0 Å². The Balaban J connectivity index is 1.98. The van der Waals surface area contributed by atoms with Crippen LogP contribution in [0.4, 0.5) is 0 Å². The minimum Gasteiger partial charge on any atom is -0.460 e. The number of hydrogen-bond acceptors (Lipinski definition) is 5. The normalized spacial score (nSPS) is 19.8. The summed E-state index contributed by atoms with van der Waals surface area (Å²) < 4.78 is 13.6. The van der Waals surface area contributed by atoms with Crippen LogP contribution in [0.3, 0.4) is 0 Å². The summed E-state index contributed by atoms with van der Waals surface area (Å²) in [5.74, 6) is 0.338. The molecule has 2 heterocycles. The first-order valence-corrected chi connectivity index (χ1v) is 12.4. The van der Waals surface area contributed by atoms with E-state index in [2.05, 4.69) is 56.1 Å². The van der Waals surface area contributed by atoms with E-state index in [0.29, 0.717) is 6.61 Å². The lowest BCUT2D eigenvalue weighted by atomic mass is 10.0. The number of aromatic nitrogens is 3. The number of ether oxygens (including phenoxy) is 1. The van der Waals surface area contributed by atoms with Gasteiger partial charge in [-0.25, -0.2) is 14.5 Å². The molecule has 1 aliphatic heterocycles. The van der Waals surface area contributed by atoms with Crippen molar-refractivity contribution in [2.75, 3.05) is 6.61 Å². The van der Waals surface area contributed by atoms with Crippen LogP contribution < -0.4 is 0 Å². The Morgan fingerprint density at radius 3 is 2.52 bits per heavy atom. The topological polar surface area (TPSA) is 66.2 Å². The molecule has 1 aromatic carbocycles. The van der Waals surface area contributed by atoms with Gasteiger partial charge in [-0.1, -0.05) is 51.1 Å². The van der Waals surface area contributed by atoms with Crippen LogP contribution >= 0.6 is 0 Å². The van der Waals surface area contributed by atoms with Crippen molar-refractivity contribution in [1.82, 2.24) is 14.8 Å². The van der Waals surface area contributed by atoms with Gasteiger partial charge >= 0.3 is 5.97 Å². The minimum atomic E-state index is -2.00. The molecule has 0 aliphatic carbocycles. The van der Waals surface area contributed by atoms with E-state index in [9.17, 15) is 4.79 Å². The Hall–Kier alpha value is -1.99. The third kappa shape index (κ3) is 3.84. The van der Waals surface area contributed by atoms with Crippen LogP contribution in [0.2, 0.25) is 18.1 Å². The zero-order valence-electron chi connectivity index (χ0n) is 17.0. The molecule has 0 saturated heterocycles. The standard InChI is InChI=1S/C20H29N3O3Si/c1-7-25-19(24)17-21-18-16(26-27(5,6)20(2,3)4)13-15(23(18)22-17)14-11-9-8-10-12-14/h8-12,15-16H,7,13H2,1-6H3/t15-,16-/m0/s1. The predicted molar refractivity (Wildman–Crippen MR) is 106 cm³/mol. The fourth-order valence-corrected chi connectivity index (χ4v) is 4.33. The third-order valence-corrected chi connectivity index (χ3v) is 10.0. The van der Waals surface area contributed by atoms with Gasteiger partial charge in [-0.3, -0.25) is 0 Å². The first-order chi connectivity index (χ1) is 12.6. The average molecular weight is 388 g/mol. The van der Waals surface area contributed by atoms with Crippen LogP contribution in [0, 0.1) is 0 Å². The van der Waals surface area contributed by atoms with E-state index in [1.54, 1.807) is 6.92 Å². The highest BCUT2D eigenvalue weighted by atomic mass is 28.4. The molecule has 0 spiro atoms. The molecule has 0 fully saturated rings. The highest BCUT2D eigenvalue weighted by Gasteiger charge is 2.44. The average Bonchev–Trinajstić information content (AvgIpc) is 3.15. The molecule has 6 nitrogen and oxygen atoms in total. The highest BCUT2D eigenvalue weighted by molar-refractivity contribution is 6.74. The molecule has 2 aromatic rings. The first-order valence-electron chi connectivity index (χ1n) is 9.50. The predicted octanol–water partition coefficient (Wildman–Crippen LogP) is 4.51. The molecule has 0 saturated carbocycles. The summed E-state index contributed by atoms with van der Waals surface area (Å²) in [5, 5.41) is 4.57. The molecule has 146 valence electrons. The SMILES string of the molecule is CCOC(=O)c1nc2n(n1)[C@H](c1ccccc1)C[C@@H]2O[Si](C)(C)C(C)(C)C. The summed E-state index contributed by atoms with van der Waals surface area (Å²) in [6.07, 6.45) is 0.598. The molecular formula is C20H29N3O3Si. The molecule has 2 atom stereocenters. The van der Waals surface area contributed by atoms with Crippen LogP contribution in [0.25, 0.3) is 0 Å². The zero-order valence-corrected chi connectivity index (χ0v) is 18.0. The van der Waals surface area contributed by atoms with Gasteiger partial charge in [0.15, 0.2) is 14.1 Å². The van der Waals surface area contributed by atoms with Crippen LogP contribution in [0.1, 0.15) is 68.3 Å². The van der Waals surface area contributed by atoms with Gasteiger partial charge in [0.25, 0.3) is 5.82 Å². The Morgan fingerprint density at radius 1 is 1.26 bits per heavy atom. The Morgan fingerprint density at radius 2 is 1.93 bits per heavy atom. The summed E-state index contributed by atoms with van der Waals surface area (Å²) in [6, 6.07) is 10.2. The van der Waals surface area contributed by atoms with Gasteiger partial charge in [0, 0.05) is 6.42 Å². The fraction of sp³-hybridized carbons (Fsp3) is 0.550. The Kier molecular flexibility index (Phi) is 5.27. The summed E-state index contributed by atoms with van der Waals surface area (Å²) in [6.45, 7) is 13.2. The van der Waals surface area contributed by atoms with Crippen LogP contribution in [0.5, 0.6) is 0 Å². The van der Waals surface area contributed by atoms with Gasteiger partial charge in [0.1, 0.15) is 6.10 Å². The number of nitrogens with zero attached hydrogens (tertiary/aromatic N) is 3. The van der Waals surface area contributed by atoms with Gasteiger partial charge in [0.2, 0.25) is 0 Å². The first kappa shape index (κ1) is 19.8. The van der Waals surface area contributed by atoms with Crippen molar-refractivity contribution in [3.63, 3.8) is 0 Å². The molecule has 7 heteroatoms. The Bertz CT molecular complexity index is 812. The maximum Gasteiger partial charge on any atom is 0.378 e. The minimum absolute atomic E-state index is 0.00615. The molecule has 1 aromatic heterocycles. The summed E-state index contributed by atoms with van der Waals surface area (Å²) in [4.78, 5) is 16.7. The molecule has 0 radical (unpaired) electrons. The van der Waals surface area contributed by atoms with Crippen LogP contribution in [0.15, 0.2) is 30.3 Å². The number of carbonyl (C=O) groups excluding carboxylic acids is 1. The van der Waals surface area contributed by atoms with E-state index >= 15 is 0 Å². The van der Waals surface area contributed by atoms with Crippen molar-refractivity contribution in [3.8, 4) is 0 Å². The summed E-state index contributed by atoms with van der Waals surface area (Å²) in [7, 11) is -2.00. The number of rotatable bonds is 5. The summed E-state index contributed by atoms with van der Waals surface area (Å²) >= 11 is 0. The van der Waals surface area contributed by atoms with Crippen molar-refractivity contribution < 1.29 is 14.0 Å². The number of benzene rings is 1. The monoisotopic (exact) mass is 387 g/mol. The molecule has 1 aliphatic rings.